The molecule has 6 aliphatic rings. The molecular weight excluding hydrogens is 862 g/mol. The van der Waals surface area contributed by atoms with Gasteiger partial charge in [0.2, 0.25) is 17.6 Å². The Morgan fingerprint density at radius 3 is 2.55 bits per heavy atom. The van der Waals surface area contributed by atoms with Crippen molar-refractivity contribution in [2.75, 3.05) is 53.8 Å². The Morgan fingerprint density at radius 2 is 1.77 bits per heavy atom. The molecule has 0 bridgehead atoms. The summed E-state index contributed by atoms with van der Waals surface area (Å²) in [7, 11) is -4.36. The third kappa shape index (κ3) is 7.21. The molecule has 336 valence electrons. The second kappa shape index (κ2) is 15.4. The van der Waals surface area contributed by atoms with Crippen LogP contribution >= 0.6 is 0 Å². The van der Waals surface area contributed by atoms with Crippen LogP contribution in [0.15, 0.2) is 67.0 Å². The lowest BCUT2D eigenvalue weighted by Gasteiger charge is -2.60. The van der Waals surface area contributed by atoms with Crippen LogP contribution in [0, 0.1) is 23.0 Å². The van der Waals surface area contributed by atoms with Crippen molar-refractivity contribution < 1.29 is 40.8 Å². The largest absolute Gasteiger partial charge is 0.371 e. The first-order chi connectivity index (χ1) is 31.2. The molecule has 11 rings (SSSR count). The lowest BCUT2D eigenvalue weighted by Crippen LogP contribution is -2.63. The number of fused-ring (bicyclic) bond motifs is 3. The zero-order valence-electron chi connectivity index (χ0n) is 35.2. The van der Waals surface area contributed by atoms with Crippen LogP contribution in [-0.4, -0.2) is 103 Å². The molecule has 5 aliphatic heterocycles. The van der Waals surface area contributed by atoms with Crippen molar-refractivity contribution in [3.63, 3.8) is 0 Å². The number of pyridine rings is 1. The predicted octanol–water partition coefficient (Wildman–Crippen LogP) is 5.87. The van der Waals surface area contributed by atoms with Crippen molar-refractivity contribution in [2.24, 2.45) is 11.3 Å². The van der Waals surface area contributed by atoms with Gasteiger partial charge in [-0.1, -0.05) is 6.07 Å². The molecular formula is C47H45F3N8O6S. The molecule has 65 heavy (non-hydrogen) atoms. The van der Waals surface area contributed by atoms with E-state index in [1.807, 2.05) is 18.2 Å². The number of alkyl halides is 1. The number of nitrogens with zero attached hydrogens (tertiary/aromatic N) is 5. The van der Waals surface area contributed by atoms with Crippen molar-refractivity contribution in [2.45, 2.75) is 63.7 Å². The predicted molar refractivity (Wildman–Crippen MR) is 235 cm³/mol. The minimum atomic E-state index is -4.36. The van der Waals surface area contributed by atoms with Gasteiger partial charge in [-0.25, -0.2) is 18.2 Å². The quantitative estimate of drug-likeness (QED) is 0.115. The summed E-state index contributed by atoms with van der Waals surface area (Å²) in [6.45, 7) is 3.71. The molecule has 5 aromatic rings. The van der Waals surface area contributed by atoms with Gasteiger partial charge in [0.1, 0.15) is 23.7 Å². The van der Waals surface area contributed by atoms with Crippen LogP contribution in [0.4, 0.5) is 30.2 Å². The highest BCUT2D eigenvalue weighted by Crippen LogP contribution is 2.54. The fraction of sp³-hybridized carbons (Fsp3) is 0.383. The summed E-state index contributed by atoms with van der Waals surface area (Å²) in [5.41, 5.74) is 5.61. The van der Waals surface area contributed by atoms with Crippen LogP contribution in [0.2, 0.25) is 0 Å². The Hall–Kier alpha value is -6.27. The molecule has 2 aromatic heterocycles. The first-order valence-corrected chi connectivity index (χ1v) is 23.5. The number of aryl methyl sites for hydroxylation is 1. The van der Waals surface area contributed by atoms with Crippen LogP contribution in [-0.2, 0) is 32.8 Å². The number of benzene rings is 3. The maximum atomic E-state index is 15.8. The average molecular weight is 907 g/mol. The molecule has 3 amide bonds. The Balaban J connectivity index is 0.739. The fourth-order valence-corrected chi connectivity index (χ4v) is 12.3. The molecule has 1 spiro atoms. The number of hydrogen-bond acceptors (Lipinski definition) is 9. The van der Waals surface area contributed by atoms with Gasteiger partial charge in [-0.15, -0.1) is 0 Å². The van der Waals surface area contributed by atoms with E-state index < -0.39 is 57.0 Å². The van der Waals surface area contributed by atoms with Crippen molar-refractivity contribution in [1.82, 2.24) is 24.5 Å². The number of imide groups is 1. The zero-order chi connectivity index (χ0) is 44.9. The normalized spacial score (nSPS) is 22.0. The number of carbonyl (C=O) groups is 4. The van der Waals surface area contributed by atoms with E-state index in [0.29, 0.717) is 41.0 Å². The highest BCUT2D eigenvalue weighted by atomic mass is 32.2. The van der Waals surface area contributed by atoms with Gasteiger partial charge in [-0.3, -0.25) is 29.2 Å². The van der Waals surface area contributed by atoms with Gasteiger partial charge >= 0.3 is 10.2 Å². The molecule has 3 N–H and O–H groups in total. The second-order valence-corrected chi connectivity index (χ2v) is 20.2. The number of rotatable bonds is 10. The number of hydrogen-bond donors (Lipinski definition) is 3. The lowest BCUT2D eigenvalue weighted by atomic mass is 9.57. The number of piperidine rings is 1. The summed E-state index contributed by atoms with van der Waals surface area (Å²) in [6, 6.07) is 15.1. The van der Waals surface area contributed by atoms with E-state index in [4.69, 9.17) is 0 Å². The van der Waals surface area contributed by atoms with Gasteiger partial charge in [0.05, 0.1) is 11.3 Å². The Bertz CT molecular complexity index is 2970. The SMILES string of the molecule is O=C1CCC(N2Cc3cc(N4CC5(CC(CN6CCCc7cc(-c8cnc9[nH]cc(C(=O)c%10c(F)ccc(NS(=O)(=O)N%11CC[C@@H](F)C%11)c%10F)c9c8)ccc76)C5)C4)ccc3C2=O)C(=O)N1. The molecule has 7 heterocycles. The first kappa shape index (κ1) is 41.4. The summed E-state index contributed by atoms with van der Waals surface area (Å²) < 4.78 is 73.4. The average Bonchev–Trinajstić information content (AvgIpc) is 3.98. The van der Waals surface area contributed by atoms with Crippen molar-refractivity contribution in [3.05, 3.63) is 106 Å². The highest BCUT2D eigenvalue weighted by Gasteiger charge is 2.53. The smallest absolute Gasteiger partial charge is 0.301 e. The van der Waals surface area contributed by atoms with Crippen LogP contribution in [0.5, 0.6) is 0 Å². The van der Waals surface area contributed by atoms with Crippen LogP contribution < -0.4 is 19.8 Å². The van der Waals surface area contributed by atoms with Gasteiger partial charge in [-0.2, -0.15) is 12.7 Å². The second-order valence-electron chi connectivity index (χ2n) is 18.6. The number of H-pyrrole nitrogens is 1. The minimum Gasteiger partial charge on any atom is -0.371 e. The molecule has 3 saturated heterocycles. The maximum Gasteiger partial charge on any atom is 0.301 e. The summed E-state index contributed by atoms with van der Waals surface area (Å²) in [5.74, 6) is -3.86. The molecule has 14 nitrogen and oxygen atoms in total. The third-order valence-electron chi connectivity index (χ3n) is 14.2. The van der Waals surface area contributed by atoms with Crippen LogP contribution in [0.25, 0.3) is 22.2 Å². The maximum absolute atomic E-state index is 15.8. The zero-order valence-corrected chi connectivity index (χ0v) is 36.0. The fourth-order valence-electron chi connectivity index (χ4n) is 11.0. The van der Waals surface area contributed by atoms with Crippen LogP contribution in [0.1, 0.15) is 75.9 Å². The number of anilines is 3. The molecule has 0 radical (unpaired) electrons. The van der Waals surface area contributed by atoms with Crippen molar-refractivity contribution >= 4 is 61.8 Å². The number of carbonyl (C=O) groups excluding carboxylic acids is 4. The number of ketones is 1. The number of aromatic amines is 1. The van der Waals surface area contributed by atoms with Crippen molar-refractivity contribution in [3.8, 4) is 11.1 Å². The van der Waals surface area contributed by atoms with E-state index >= 15 is 8.78 Å². The Labute approximate surface area is 372 Å². The number of aromatic nitrogens is 2. The molecule has 2 atom stereocenters. The topological polar surface area (TPSA) is 168 Å². The summed E-state index contributed by atoms with van der Waals surface area (Å²) in [5, 5.41) is 2.71. The van der Waals surface area contributed by atoms with E-state index in [1.165, 1.54) is 17.4 Å². The Kier molecular flexibility index (Phi) is 9.84. The standard InChI is InChI=1S/C47H45F3N8O6S/c48-31-11-13-57(23-31)65(63,64)54-37-7-6-36(49)41(42(37)50)43(60)35-20-52-44-34(35)16-29(19-51-44)27-3-8-38-28(14-27)2-1-12-55(38)21-26-17-47(18-26)24-56(25-47)32-4-5-33-30(15-32)22-58(46(33)62)39-9-10-40(59)53-45(39)61/h3-8,14-16,19-20,26,31,39,54H,1-2,9-13,17-18,21-25H2,(H,51,52)(H,53,59,61)/t31-,39?/m1/s1. The molecule has 3 aromatic carbocycles. The van der Waals surface area contributed by atoms with Gasteiger partial charge in [0.25, 0.3) is 5.91 Å². The van der Waals surface area contributed by atoms with Gasteiger partial charge < -0.3 is 19.7 Å². The first-order valence-electron chi connectivity index (χ1n) is 22.1. The molecule has 1 unspecified atom stereocenters. The number of halogens is 3. The van der Waals surface area contributed by atoms with E-state index in [9.17, 15) is 32.0 Å². The highest BCUT2D eigenvalue weighted by molar-refractivity contribution is 7.90. The molecule has 1 saturated carbocycles. The minimum absolute atomic E-state index is 0.00388. The van der Waals surface area contributed by atoms with E-state index in [0.717, 1.165) is 85.1 Å². The third-order valence-corrected chi connectivity index (χ3v) is 15.7. The summed E-state index contributed by atoms with van der Waals surface area (Å²) >= 11 is 0. The summed E-state index contributed by atoms with van der Waals surface area (Å²) in [4.78, 5) is 65.0. The number of amides is 3. The van der Waals surface area contributed by atoms with E-state index in [1.54, 1.807) is 17.2 Å². The van der Waals surface area contributed by atoms with Crippen molar-refractivity contribution in [1.29, 1.82) is 0 Å². The lowest BCUT2D eigenvalue weighted by molar-refractivity contribution is -0.136. The monoisotopic (exact) mass is 906 g/mol. The van der Waals surface area contributed by atoms with Crippen LogP contribution in [0.3, 0.4) is 0 Å². The van der Waals surface area contributed by atoms with Gasteiger partial charge in [0, 0.05) is 103 Å². The number of nitrogens with one attached hydrogen (secondary N) is 3. The Morgan fingerprint density at radius 1 is 0.938 bits per heavy atom. The molecule has 4 fully saturated rings. The van der Waals surface area contributed by atoms with Gasteiger partial charge in [0.15, 0.2) is 5.82 Å². The van der Waals surface area contributed by atoms with E-state index in [-0.39, 0.29) is 48.7 Å². The molecule has 18 heteroatoms. The van der Waals surface area contributed by atoms with E-state index in [2.05, 4.69) is 48.0 Å². The summed E-state index contributed by atoms with van der Waals surface area (Å²) in [6.07, 6.45) is 6.40. The van der Waals surface area contributed by atoms with Gasteiger partial charge in [-0.05, 0) is 110 Å². The molecule has 1 aliphatic carbocycles.